The first-order valence-electron chi connectivity index (χ1n) is 11.6. The number of carbonyl (C=O) groups is 2. The second-order valence-electron chi connectivity index (χ2n) is 8.39. The van der Waals surface area contributed by atoms with E-state index < -0.39 is 17.7 Å². The van der Waals surface area contributed by atoms with Gasteiger partial charge in [-0.25, -0.2) is 0 Å². The number of aryl methyl sites for hydroxylation is 1. The molecule has 3 aromatic carbocycles. The highest BCUT2D eigenvalue weighted by Gasteiger charge is 2.45. The van der Waals surface area contributed by atoms with Crippen molar-refractivity contribution in [2.75, 3.05) is 20.8 Å². The minimum atomic E-state index is -0.679. The van der Waals surface area contributed by atoms with Gasteiger partial charge in [0.25, 0.3) is 11.7 Å². The molecule has 0 radical (unpaired) electrons. The molecular formula is C29H29NO5. The Kier molecular flexibility index (Phi) is 7.20. The Balaban J connectivity index is 1.71. The molecule has 35 heavy (non-hydrogen) atoms. The average molecular weight is 472 g/mol. The van der Waals surface area contributed by atoms with E-state index in [0.717, 1.165) is 23.1 Å². The lowest BCUT2D eigenvalue weighted by Gasteiger charge is -2.25. The number of aliphatic hydroxyl groups excluding tert-OH is 1. The van der Waals surface area contributed by atoms with Crippen molar-refractivity contribution in [2.45, 2.75) is 25.8 Å². The van der Waals surface area contributed by atoms with Gasteiger partial charge in [0.15, 0.2) is 11.5 Å². The topological polar surface area (TPSA) is 76.1 Å². The summed E-state index contributed by atoms with van der Waals surface area (Å²) in [7, 11) is 3.15. The molecule has 3 aromatic rings. The number of aliphatic hydroxyl groups is 1. The Morgan fingerprint density at radius 1 is 0.886 bits per heavy atom. The van der Waals surface area contributed by atoms with Gasteiger partial charge in [-0.2, -0.15) is 0 Å². The maximum Gasteiger partial charge on any atom is 0.295 e. The third-order valence-electron chi connectivity index (χ3n) is 6.38. The van der Waals surface area contributed by atoms with Crippen molar-refractivity contribution in [1.29, 1.82) is 0 Å². The molecule has 1 aliphatic heterocycles. The summed E-state index contributed by atoms with van der Waals surface area (Å²) in [6.45, 7) is 2.35. The van der Waals surface area contributed by atoms with Crippen molar-refractivity contribution in [3.05, 3.63) is 101 Å². The van der Waals surface area contributed by atoms with Crippen LogP contribution in [0.25, 0.3) is 5.76 Å². The molecule has 1 fully saturated rings. The highest BCUT2D eigenvalue weighted by molar-refractivity contribution is 6.46. The minimum Gasteiger partial charge on any atom is -0.507 e. The Hall–Kier alpha value is -4.06. The van der Waals surface area contributed by atoms with Crippen molar-refractivity contribution < 1.29 is 24.2 Å². The van der Waals surface area contributed by atoms with Gasteiger partial charge in [0.05, 0.1) is 25.8 Å². The molecule has 6 heteroatoms. The second-order valence-corrected chi connectivity index (χ2v) is 8.39. The van der Waals surface area contributed by atoms with Crippen LogP contribution >= 0.6 is 0 Å². The first kappa shape index (κ1) is 24.1. The van der Waals surface area contributed by atoms with Crippen LogP contribution in [0.2, 0.25) is 0 Å². The van der Waals surface area contributed by atoms with Crippen molar-refractivity contribution >= 4 is 17.4 Å². The van der Waals surface area contributed by atoms with Gasteiger partial charge in [-0.15, -0.1) is 0 Å². The average Bonchev–Trinajstić information content (AvgIpc) is 3.16. The third-order valence-corrected chi connectivity index (χ3v) is 6.38. The first-order valence-corrected chi connectivity index (χ1v) is 11.6. The van der Waals surface area contributed by atoms with Gasteiger partial charge >= 0.3 is 0 Å². The summed E-state index contributed by atoms with van der Waals surface area (Å²) in [4.78, 5) is 27.9. The van der Waals surface area contributed by atoms with Crippen molar-refractivity contribution in [2.24, 2.45) is 0 Å². The largest absolute Gasteiger partial charge is 0.507 e. The number of ether oxygens (including phenoxy) is 2. The predicted octanol–water partition coefficient (Wildman–Crippen LogP) is 4.93. The van der Waals surface area contributed by atoms with E-state index in [2.05, 4.69) is 0 Å². The Bertz CT molecular complexity index is 1250. The molecule has 1 heterocycles. The van der Waals surface area contributed by atoms with Crippen molar-refractivity contribution in [3.63, 3.8) is 0 Å². The number of amides is 1. The number of nitrogens with zero attached hydrogens (tertiary/aromatic N) is 1. The lowest BCUT2D eigenvalue weighted by atomic mass is 9.95. The molecule has 6 nitrogen and oxygen atoms in total. The zero-order chi connectivity index (χ0) is 24.9. The van der Waals surface area contributed by atoms with Crippen LogP contribution in [0.15, 0.2) is 78.4 Å². The fraction of sp³-hybridized carbons (Fsp3) is 0.241. The van der Waals surface area contributed by atoms with Gasteiger partial charge in [-0.3, -0.25) is 9.59 Å². The standard InChI is InChI=1S/C29H29NO5/c1-4-19-10-13-22(14-11-19)27(31)25-26(21-8-6-5-7-9-21)30(29(33)28(25)32)17-16-20-12-15-23(34-2)24(18-20)35-3/h5-15,18,26,31H,4,16-17H2,1-3H3/b27-25+. The molecule has 0 spiro atoms. The molecule has 1 unspecified atom stereocenters. The smallest absolute Gasteiger partial charge is 0.295 e. The monoisotopic (exact) mass is 471 g/mol. The van der Waals surface area contributed by atoms with E-state index in [-0.39, 0.29) is 11.3 Å². The van der Waals surface area contributed by atoms with Gasteiger partial charge in [-0.1, -0.05) is 67.6 Å². The maximum atomic E-state index is 13.2. The zero-order valence-electron chi connectivity index (χ0n) is 20.2. The van der Waals surface area contributed by atoms with Crippen LogP contribution in [0, 0.1) is 0 Å². The summed E-state index contributed by atoms with van der Waals surface area (Å²) in [5.41, 5.74) is 3.45. The second kappa shape index (κ2) is 10.5. The number of rotatable bonds is 8. The van der Waals surface area contributed by atoms with Crippen LogP contribution in [0.3, 0.4) is 0 Å². The van der Waals surface area contributed by atoms with E-state index in [1.54, 1.807) is 31.3 Å². The lowest BCUT2D eigenvalue weighted by Crippen LogP contribution is -2.31. The number of Topliss-reactive ketones (excluding diaryl/α,β-unsaturated/α-hetero) is 1. The van der Waals surface area contributed by atoms with Gasteiger partial charge in [0, 0.05) is 12.1 Å². The number of likely N-dealkylation sites (tertiary alicyclic amines) is 1. The lowest BCUT2D eigenvalue weighted by molar-refractivity contribution is -0.139. The van der Waals surface area contributed by atoms with E-state index in [9.17, 15) is 14.7 Å². The molecule has 1 saturated heterocycles. The summed E-state index contributed by atoms with van der Waals surface area (Å²) >= 11 is 0. The molecule has 4 rings (SSSR count). The van der Waals surface area contributed by atoms with E-state index in [1.165, 1.54) is 0 Å². The molecule has 0 bridgehead atoms. The first-order chi connectivity index (χ1) is 17.0. The van der Waals surface area contributed by atoms with Crippen molar-refractivity contribution in [1.82, 2.24) is 4.90 Å². The van der Waals surface area contributed by atoms with E-state index in [1.807, 2.05) is 67.6 Å². The highest BCUT2D eigenvalue weighted by atomic mass is 16.5. The number of hydrogen-bond acceptors (Lipinski definition) is 5. The SMILES string of the molecule is CCc1ccc(/C(O)=C2\C(=O)C(=O)N(CCc3ccc(OC)c(OC)c3)C2c2ccccc2)cc1. The summed E-state index contributed by atoms with van der Waals surface area (Å²) in [5, 5.41) is 11.2. The molecule has 0 aliphatic carbocycles. The molecule has 1 atom stereocenters. The molecular weight excluding hydrogens is 442 g/mol. The summed E-state index contributed by atoms with van der Waals surface area (Å²) in [6, 6.07) is 21.6. The Labute approximate surface area is 205 Å². The van der Waals surface area contributed by atoms with Gasteiger partial charge in [0.2, 0.25) is 0 Å². The molecule has 0 aromatic heterocycles. The zero-order valence-corrected chi connectivity index (χ0v) is 20.2. The number of benzene rings is 3. The Morgan fingerprint density at radius 3 is 2.17 bits per heavy atom. The number of carbonyl (C=O) groups excluding carboxylic acids is 2. The summed E-state index contributed by atoms with van der Waals surface area (Å²) < 4.78 is 10.7. The Morgan fingerprint density at radius 2 is 1.54 bits per heavy atom. The molecule has 0 saturated carbocycles. The predicted molar refractivity (Wildman–Crippen MR) is 135 cm³/mol. The molecule has 1 amide bonds. The van der Waals surface area contributed by atoms with Crippen LogP contribution in [0.5, 0.6) is 11.5 Å². The number of ketones is 1. The van der Waals surface area contributed by atoms with Gasteiger partial charge in [-0.05, 0) is 41.7 Å². The third kappa shape index (κ3) is 4.78. The quantitative estimate of drug-likeness (QED) is 0.286. The van der Waals surface area contributed by atoms with Crippen LogP contribution in [-0.4, -0.2) is 42.5 Å². The van der Waals surface area contributed by atoms with Crippen molar-refractivity contribution in [3.8, 4) is 11.5 Å². The van der Waals surface area contributed by atoms with Crippen LogP contribution in [-0.2, 0) is 22.4 Å². The fourth-order valence-electron chi connectivity index (χ4n) is 4.43. The molecule has 1 N–H and O–H groups in total. The van der Waals surface area contributed by atoms with E-state index in [0.29, 0.717) is 30.0 Å². The normalized spacial score (nSPS) is 17.0. The molecule has 180 valence electrons. The maximum absolute atomic E-state index is 13.2. The van der Waals surface area contributed by atoms with E-state index >= 15 is 0 Å². The highest BCUT2D eigenvalue weighted by Crippen LogP contribution is 2.39. The fourth-order valence-corrected chi connectivity index (χ4v) is 4.43. The van der Waals surface area contributed by atoms with Crippen LogP contribution < -0.4 is 9.47 Å². The van der Waals surface area contributed by atoms with E-state index in [4.69, 9.17) is 9.47 Å². The minimum absolute atomic E-state index is 0.109. The van der Waals surface area contributed by atoms with Crippen LogP contribution in [0.1, 0.15) is 35.2 Å². The van der Waals surface area contributed by atoms with Gasteiger partial charge in [0.1, 0.15) is 5.76 Å². The number of hydrogen-bond donors (Lipinski definition) is 1. The molecule has 1 aliphatic rings. The number of methoxy groups -OCH3 is 2. The summed E-state index contributed by atoms with van der Waals surface area (Å²) in [5.74, 6) is -0.236. The van der Waals surface area contributed by atoms with Gasteiger partial charge < -0.3 is 19.5 Å². The summed E-state index contributed by atoms with van der Waals surface area (Å²) in [6.07, 6.45) is 1.37. The van der Waals surface area contributed by atoms with Crippen LogP contribution in [0.4, 0.5) is 0 Å².